The number of ether oxygens (including phenoxy) is 1. The number of hydrogen-bond acceptors (Lipinski definition) is 2. The van der Waals surface area contributed by atoms with Crippen LogP contribution >= 0.6 is 22.6 Å². The molecule has 0 bridgehead atoms. The van der Waals surface area contributed by atoms with Gasteiger partial charge in [0.25, 0.3) is 0 Å². The summed E-state index contributed by atoms with van der Waals surface area (Å²) in [5.74, 6) is 0.886. The summed E-state index contributed by atoms with van der Waals surface area (Å²) in [5.41, 5.74) is 7.50. The molecular weight excluding hydrogens is 313 g/mol. The second-order valence-corrected chi connectivity index (χ2v) is 4.73. The fourth-order valence-corrected chi connectivity index (χ4v) is 1.67. The van der Waals surface area contributed by atoms with E-state index >= 15 is 0 Å². The summed E-state index contributed by atoms with van der Waals surface area (Å²) in [4.78, 5) is 0. The van der Waals surface area contributed by atoms with Crippen LogP contribution in [0.25, 0.3) is 0 Å². The third-order valence-electron chi connectivity index (χ3n) is 2.20. The topological polar surface area (TPSA) is 35.2 Å². The lowest BCUT2D eigenvalue weighted by Crippen LogP contribution is -1.95. The first-order chi connectivity index (χ1) is 7.74. The maximum Gasteiger partial charge on any atom is 0.119 e. The molecule has 0 heterocycles. The van der Waals surface area contributed by atoms with E-state index in [0.717, 1.165) is 17.0 Å². The van der Waals surface area contributed by atoms with Crippen LogP contribution in [0.15, 0.2) is 48.5 Å². The Balaban J connectivity index is 1.97. The van der Waals surface area contributed by atoms with Crippen molar-refractivity contribution in [3.05, 3.63) is 57.7 Å². The summed E-state index contributed by atoms with van der Waals surface area (Å²) in [7, 11) is 0. The van der Waals surface area contributed by atoms with E-state index in [-0.39, 0.29) is 0 Å². The first-order valence-electron chi connectivity index (χ1n) is 4.97. The van der Waals surface area contributed by atoms with Crippen LogP contribution in [0.3, 0.4) is 0 Å². The molecule has 0 unspecified atom stereocenters. The van der Waals surface area contributed by atoms with E-state index in [1.807, 2.05) is 48.5 Å². The maximum absolute atomic E-state index is 5.64. The van der Waals surface area contributed by atoms with Gasteiger partial charge in [-0.1, -0.05) is 12.1 Å². The number of hydrogen-bond donors (Lipinski definition) is 1. The highest BCUT2D eigenvalue weighted by Gasteiger charge is 1.95. The molecular formula is C13H12INO. The van der Waals surface area contributed by atoms with Gasteiger partial charge in [0, 0.05) is 9.26 Å². The quantitative estimate of drug-likeness (QED) is 0.693. The van der Waals surface area contributed by atoms with Gasteiger partial charge in [-0.25, -0.2) is 0 Å². The maximum atomic E-state index is 5.64. The van der Waals surface area contributed by atoms with Gasteiger partial charge in [-0.05, 0) is 64.6 Å². The van der Waals surface area contributed by atoms with E-state index in [9.17, 15) is 0 Å². The van der Waals surface area contributed by atoms with E-state index in [2.05, 4.69) is 22.6 Å². The first kappa shape index (κ1) is 11.3. The van der Waals surface area contributed by atoms with E-state index in [1.54, 1.807) is 0 Å². The average molecular weight is 325 g/mol. The van der Waals surface area contributed by atoms with Gasteiger partial charge in [0.05, 0.1) is 0 Å². The van der Waals surface area contributed by atoms with Crippen molar-refractivity contribution in [2.75, 3.05) is 5.73 Å². The third kappa shape index (κ3) is 3.13. The summed E-state index contributed by atoms with van der Waals surface area (Å²) in [6, 6.07) is 15.7. The second kappa shape index (κ2) is 5.21. The van der Waals surface area contributed by atoms with Gasteiger partial charge in [0.1, 0.15) is 12.4 Å². The molecule has 16 heavy (non-hydrogen) atoms. The third-order valence-corrected chi connectivity index (χ3v) is 2.92. The minimum atomic E-state index is 0.570. The molecule has 0 fully saturated rings. The molecule has 0 aliphatic rings. The summed E-state index contributed by atoms with van der Waals surface area (Å²) >= 11 is 2.27. The van der Waals surface area contributed by atoms with E-state index in [1.165, 1.54) is 3.57 Å². The minimum Gasteiger partial charge on any atom is -0.489 e. The van der Waals surface area contributed by atoms with Crippen molar-refractivity contribution in [3.8, 4) is 5.75 Å². The van der Waals surface area contributed by atoms with Crippen LogP contribution in [0.2, 0.25) is 0 Å². The number of rotatable bonds is 3. The van der Waals surface area contributed by atoms with Gasteiger partial charge in [-0.15, -0.1) is 0 Å². The van der Waals surface area contributed by atoms with Gasteiger partial charge >= 0.3 is 0 Å². The van der Waals surface area contributed by atoms with Gasteiger partial charge in [0.2, 0.25) is 0 Å². The van der Waals surface area contributed by atoms with Crippen molar-refractivity contribution < 1.29 is 4.74 Å². The summed E-state index contributed by atoms with van der Waals surface area (Å²) < 4.78 is 6.85. The molecule has 0 saturated carbocycles. The van der Waals surface area contributed by atoms with Crippen LogP contribution in [-0.2, 0) is 6.61 Å². The number of halogens is 1. The molecule has 2 N–H and O–H groups in total. The molecule has 2 rings (SSSR count). The van der Waals surface area contributed by atoms with Crippen molar-refractivity contribution in [2.24, 2.45) is 0 Å². The molecule has 0 amide bonds. The van der Waals surface area contributed by atoms with Crippen molar-refractivity contribution in [1.82, 2.24) is 0 Å². The fraction of sp³-hybridized carbons (Fsp3) is 0.0769. The molecule has 0 spiro atoms. The van der Waals surface area contributed by atoms with Gasteiger partial charge < -0.3 is 10.5 Å². The molecule has 0 aliphatic carbocycles. The van der Waals surface area contributed by atoms with Crippen LogP contribution in [0.5, 0.6) is 5.75 Å². The highest BCUT2D eigenvalue weighted by atomic mass is 127. The first-order valence-corrected chi connectivity index (χ1v) is 6.05. The number of benzene rings is 2. The van der Waals surface area contributed by atoms with Crippen LogP contribution in [-0.4, -0.2) is 0 Å². The molecule has 0 saturated heterocycles. The predicted molar refractivity (Wildman–Crippen MR) is 74.3 cm³/mol. The Morgan fingerprint density at radius 3 is 2.19 bits per heavy atom. The monoisotopic (exact) mass is 325 g/mol. The molecule has 2 aromatic rings. The predicted octanol–water partition coefficient (Wildman–Crippen LogP) is 3.45. The standard InChI is InChI=1S/C13H12INO/c14-11-3-7-13(8-4-11)16-9-10-1-5-12(15)6-2-10/h1-8H,9,15H2. The normalized spacial score (nSPS) is 10.1. The largest absolute Gasteiger partial charge is 0.489 e. The van der Waals surface area contributed by atoms with Gasteiger partial charge in [-0.2, -0.15) is 0 Å². The Labute approximate surface area is 109 Å². The van der Waals surface area contributed by atoms with Gasteiger partial charge in [0.15, 0.2) is 0 Å². The molecule has 3 heteroatoms. The van der Waals surface area contributed by atoms with Gasteiger partial charge in [-0.3, -0.25) is 0 Å². The van der Waals surface area contributed by atoms with Crippen LogP contribution in [0.4, 0.5) is 5.69 Å². The Bertz CT molecular complexity index is 405. The molecule has 82 valence electrons. The lowest BCUT2D eigenvalue weighted by Gasteiger charge is -2.06. The number of nitrogen functional groups attached to an aromatic ring is 1. The average Bonchev–Trinajstić information content (AvgIpc) is 2.30. The van der Waals surface area contributed by atoms with Crippen LogP contribution in [0, 0.1) is 3.57 Å². The van der Waals surface area contributed by atoms with Crippen LogP contribution < -0.4 is 10.5 Å². The zero-order chi connectivity index (χ0) is 11.4. The SMILES string of the molecule is Nc1ccc(COc2ccc(I)cc2)cc1. The Morgan fingerprint density at radius 1 is 0.938 bits per heavy atom. The lowest BCUT2D eigenvalue weighted by molar-refractivity contribution is 0.306. The van der Waals surface area contributed by atoms with E-state index in [4.69, 9.17) is 10.5 Å². The number of nitrogens with two attached hydrogens (primary N) is 1. The smallest absolute Gasteiger partial charge is 0.119 e. The summed E-state index contributed by atoms with van der Waals surface area (Å²) in [6.45, 7) is 0.570. The summed E-state index contributed by atoms with van der Waals surface area (Å²) in [6.07, 6.45) is 0. The zero-order valence-electron chi connectivity index (χ0n) is 8.69. The summed E-state index contributed by atoms with van der Waals surface area (Å²) in [5, 5.41) is 0. The molecule has 0 atom stereocenters. The highest BCUT2D eigenvalue weighted by molar-refractivity contribution is 14.1. The fourth-order valence-electron chi connectivity index (χ4n) is 1.31. The lowest BCUT2D eigenvalue weighted by atomic mass is 10.2. The Hall–Kier alpha value is -1.23. The van der Waals surface area contributed by atoms with Crippen LogP contribution in [0.1, 0.15) is 5.56 Å². The molecule has 2 nitrogen and oxygen atoms in total. The minimum absolute atomic E-state index is 0.570. The Kier molecular flexibility index (Phi) is 3.66. The number of anilines is 1. The van der Waals surface area contributed by atoms with Crippen molar-refractivity contribution in [3.63, 3.8) is 0 Å². The second-order valence-electron chi connectivity index (χ2n) is 3.48. The van der Waals surface area contributed by atoms with Crippen molar-refractivity contribution in [2.45, 2.75) is 6.61 Å². The van der Waals surface area contributed by atoms with E-state index < -0.39 is 0 Å². The van der Waals surface area contributed by atoms with E-state index in [0.29, 0.717) is 6.61 Å². The van der Waals surface area contributed by atoms with Crippen molar-refractivity contribution >= 4 is 28.3 Å². The zero-order valence-corrected chi connectivity index (χ0v) is 10.8. The van der Waals surface area contributed by atoms with Crippen molar-refractivity contribution in [1.29, 1.82) is 0 Å². The molecule has 0 aliphatic heterocycles. The molecule has 2 aromatic carbocycles. The molecule has 0 radical (unpaired) electrons. The molecule has 0 aromatic heterocycles. The highest BCUT2D eigenvalue weighted by Crippen LogP contribution is 2.15. The Morgan fingerprint density at radius 2 is 1.56 bits per heavy atom.